The van der Waals surface area contributed by atoms with Crippen LogP contribution in [-0.4, -0.2) is 18.8 Å². The zero-order valence-corrected chi connectivity index (χ0v) is 9.67. The first-order chi connectivity index (χ1) is 6.74. The van der Waals surface area contributed by atoms with Gasteiger partial charge >= 0.3 is 0 Å². The monoisotopic (exact) mass is 199 g/mol. The average Bonchev–Trinajstić information content (AvgIpc) is 2.64. The first-order valence-electron chi connectivity index (χ1n) is 6.11. The Morgan fingerprint density at radius 2 is 2.29 bits per heavy atom. The number of rotatable bonds is 6. The van der Waals surface area contributed by atoms with Gasteiger partial charge in [-0.2, -0.15) is 0 Å². The Labute approximate surface area is 88.2 Å². The van der Waals surface area contributed by atoms with Gasteiger partial charge in [0.1, 0.15) is 0 Å². The Hall–Kier alpha value is -0.0800. The van der Waals surface area contributed by atoms with E-state index in [0.717, 1.165) is 6.61 Å². The Kier molecular flexibility index (Phi) is 5.49. The molecule has 1 saturated heterocycles. The van der Waals surface area contributed by atoms with Crippen molar-refractivity contribution in [2.45, 2.75) is 64.5 Å². The van der Waals surface area contributed by atoms with E-state index in [1.54, 1.807) is 0 Å². The van der Waals surface area contributed by atoms with E-state index in [9.17, 15) is 0 Å². The Morgan fingerprint density at radius 1 is 1.50 bits per heavy atom. The van der Waals surface area contributed by atoms with Gasteiger partial charge in [-0.1, -0.05) is 19.8 Å². The molecular formula is C12H25NO. The van der Waals surface area contributed by atoms with Crippen molar-refractivity contribution in [3.8, 4) is 0 Å². The van der Waals surface area contributed by atoms with Crippen molar-refractivity contribution in [2.75, 3.05) is 6.61 Å². The molecule has 14 heavy (non-hydrogen) atoms. The molecule has 0 amide bonds. The molecule has 84 valence electrons. The zero-order valence-electron chi connectivity index (χ0n) is 9.67. The highest BCUT2D eigenvalue weighted by Crippen LogP contribution is 2.21. The highest BCUT2D eigenvalue weighted by atomic mass is 16.5. The molecule has 0 radical (unpaired) electrons. The number of nitrogens with two attached hydrogens (primary N) is 1. The summed E-state index contributed by atoms with van der Waals surface area (Å²) in [5, 5.41) is 0. The van der Waals surface area contributed by atoms with Crippen LogP contribution in [0.1, 0.15) is 52.4 Å². The topological polar surface area (TPSA) is 35.2 Å². The lowest BCUT2D eigenvalue weighted by atomic mass is 9.92. The van der Waals surface area contributed by atoms with Gasteiger partial charge in [-0.25, -0.2) is 0 Å². The SMILES string of the molecule is CCC(CCCC1CCCO1)C(C)N. The average molecular weight is 199 g/mol. The van der Waals surface area contributed by atoms with Crippen LogP contribution in [0.15, 0.2) is 0 Å². The van der Waals surface area contributed by atoms with E-state index in [1.165, 1.54) is 38.5 Å². The summed E-state index contributed by atoms with van der Waals surface area (Å²) < 4.78 is 5.60. The van der Waals surface area contributed by atoms with Crippen LogP contribution in [0.5, 0.6) is 0 Å². The molecule has 2 N–H and O–H groups in total. The number of ether oxygens (including phenoxy) is 1. The Morgan fingerprint density at radius 3 is 2.79 bits per heavy atom. The molecule has 1 rings (SSSR count). The lowest BCUT2D eigenvalue weighted by Gasteiger charge is -2.19. The van der Waals surface area contributed by atoms with Crippen molar-refractivity contribution in [2.24, 2.45) is 11.7 Å². The summed E-state index contributed by atoms with van der Waals surface area (Å²) >= 11 is 0. The van der Waals surface area contributed by atoms with Crippen molar-refractivity contribution in [3.05, 3.63) is 0 Å². The third-order valence-electron chi connectivity index (χ3n) is 3.39. The maximum Gasteiger partial charge on any atom is 0.0576 e. The van der Waals surface area contributed by atoms with Gasteiger partial charge in [0.25, 0.3) is 0 Å². The minimum absolute atomic E-state index is 0.351. The summed E-state index contributed by atoms with van der Waals surface area (Å²) in [7, 11) is 0. The van der Waals surface area contributed by atoms with Crippen molar-refractivity contribution in [1.82, 2.24) is 0 Å². The van der Waals surface area contributed by atoms with Crippen LogP contribution in [0.25, 0.3) is 0 Å². The summed E-state index contributed by atoms with van der Waals surface area (Å²) in [4.78, 5) is 0. The molecule has 0 bridgehead atoms. The van der Waals surface area contributed by atoms with E-state index in [-0.39, 0.29) is 0 Å². The molecule has 1 aliphatic heterocycles. The molecule has 0 aromatic carbocycles. The third-order valence-corrected chi connectivity index (χ3v) is 3.39. The minimum atomic E-state index is 0.351. The highest BCUT2D eigenvalue weighted by molar-refractivity contribution is 4.70. The van der Waals surface area contributed by atoms with Crippen LogP contribution in [0.3, 0.4) is 0 Å². The molecule has 0 aromatic rings. The molecule has 2 heteroatoms. The fourth-order valence-electron chi connectivity index (χ4n) is 2.32. The maximum absolute atomic E-state index is 5.91. The van der Waals surface area contributed by atoms with Crippen LogP contribution < -0.4 is 5.73 Å². The van der Waals surface area contributed by atoms with E-state index in [2.05, 4.69) is 13.8 Å². The maximum atomic E-state index is 5.91. The van der Waals surface area contributed by atoms with Gasteiger partial charge in [-0.05, 0) is 38.5 Å². The number of hydrogen-bond donors (Lipinski definition) is 1. The van der Waals surface area contributed by atoms with E-state index >= 15 is 0 Å². The molecule has 0 saturated carbocycles. The molecule has 2 nitrogen and oxygen atoms in total. The van der Waals surface area contributed by atoms with Crippen molar-refractivity contribution >= 4 is 0 Å². The smallest absolute Gasteiger partial charge is 0.0576 e. The van der Waals surface area contributed by atoms with Gasteiger partial charge in [0.15, 0.2) is 0 Å². The largest absolute Gasteiger partial charge is 0.378 e. The molecule has 1 aliphatic rings. The normalized spacial score (nSPS) is 26.4. The van der Waals surface area contributed by atoms with Crippen LogP contribution in [0.2, 0.25) is 0 Å². The molecule has 0 spiro atoms. The molecule has 0 aromatic heterocycles. The molecule has 3 atom stereocenters. The quantitative estimate of drug-likeness (QED) is 0.714. The Bertz CT molecular complexity index is 141. The van der Waals surface area contributed by atoms with Crippen LogP contribution >= 0.6 is 0 Å². The molecular weight excluding hydrogens is 174 g/mol. The van der Waals surface area contributed by atoms with Crippen LogP contribution in [0.4, 0.5) is 0 Å². The molecule has 0 aliphatic carbocycles. The lowest BCUT2D eigenvalue weighted by molar-refractivity contribution is 0.100. The van der Waals surface area contributed by atoms with Crippen molar-refractivity contribution < 1.29 is 4.74 Å². The summed E-state index contributed by atoms with van der Waals surface area (Å²) in [5.41, 5.74) is 5.91. The molecule has 3 unspecified atom stereocenters. The van der Waals surface area contributed by atoms with Gasteiger partial charge in [0.05, 0.1) is 6.10 Å². The van der Waals surface area contributed by atoms with Gasteiger partial charge in [-0.15, -0.1) is 0 Å². The fourth-order valence-corrected chi connectivity index (χ4v) is 2.32. The predicted octanol–water partition coefficient (Wildman–Crippen LogP) is 2.71. The van der Waals surface area contributed by atoms with Gasteiger partial charge in [0, 0.05) is 12.6 Å². The summed E-state index contributed by atoms with van der Waals surface area (Å²) in [6.45, 7) is 5.34. The third kappa shape index (κ3) is 3.97. The minimum Gasteiger partial charge on any atom is -0.378 e. The molecule has 1 fully saturated rings. The van der Waals surface area contributed by atoms with E-state index in [0.29, 0.717) is 18.1 Å². The summed E-state index contributed by atoms with van der Waals surface area (Å²) in [6.07, 6.45) is 8.09. The predicted molar refractivity (Wildman–Crippen MR) is 60.3 cm³/mol. The standard InChI is InChI=1S/C12H25NO/c1-3-11(10(2)13)6-4-7-12-8-5-9-14-12/h10-12H,3-9,13H2,1-2H3. The number of hydrogen-bond acceptors (Lipinski definition) is 2. The second kappa shape index (κ2) is 6.41. The van der Waals surface area contributed by atoms with Gasteiger partial charge in [-0.3, -0.25) is 0 Å². The fraction of sp³-hybridized carbons (Fsp3) is 1.00. The van der Waals surface area contributed by atoms with Crippen LogP contribution in [0, 0.1) is 5.92 Å². The lowest BCUT2D eigenvalue weighted by Crippen LogP contribution is -2.26. The van der Waals surface area contributed by atoms with E-state index in [4.69, 9.17) is 10.5 Å². The first kappa shape index (κ1) is 12.0. The summed E-state index contributed by atoms with van der Waals surface area (Å²) in [6, 6.07) is 0.351. The summed E-state index contributed by atoms with van der Waals surface area (Å²) in [5.74, 6) is 0.705. The van der Waals surface area contributed by atoms with Crippen molar-refractivity contribution in [3.63, 3.8) is 0 Å². The van der Waals surface area contributed by atoms with Crippen molar-refractivity contribution in [1.29, 1.82) is 0 Å². The van der Waals surface area contributed by atoms with Gasteiger partial charge < -0.3 is 10.5 Å². The zero-order chi connectivity index (χ0) is 10.4. The second-order valence-electron chi connectivity index (χ2n) is 4.59. The van der Waals surface area contributed by atoms with Gasteiger partial charge in [0.2, 0.25) is 0 Å². The Balaban J connectivity index is 2.06. The molecule has 1 heterocycles. The van der Waals surface area contributed by atoms with E-state index in [1.807, 2.05) is 0 Å². The first-order valence-corrected chi connectivity index (χ1v) is 6.11. The second-order valence-corrected chi connectivity index (χ2v) is 4.59. The van der Waals surface area contributed by atoms with Crippen LogP contribution in [-0.2, 0) is 4.74 Å². The highest BCUT2D eigenvalue weighted by Gasteiger charge is 2.16. The van der Waals surface area contributed by atoms with E-state index < -0.39 is 0 Å².